The van der Waals surface area contributed by atoms with Crippen molar-refractivity contribution in [2.75, 3.05) is 6.26 Å². The molecule has 0 aliphatic heterocycles. The van der Waals surface area contributed by atoms with Gasteiger partial charge in [0.25, 0.3) is 0 Å². The first-order valence-electron chi connectivity index (χ1n) is 5.20. The van der Waals surface area contributed by atoms with Crippen LogP contribution in [0.2, 0.25) is 0 Å². The molecule has 0 aliphatic rings. The van der Waals surface area contributed by atoms with E-state index in [-0.39, 0.29) is 0 Å². The summed E-state index contributed by atoms with van der Waals surface area (Å²) in [7, 11) is 0. The molecule has 0 bridgehead atoms. The van der Waals surface area contributed by atoms with E-state index in [9.17, 15) is 0 Å². The highest BCUT2D eigenvalue weighted by molar-refractivity contribution is 7.98. The van der Waals surface area contributed by atoms with E-state index in [1.54, 1.807) is 18.0 Å². The maximum Gasteiger partial charge on any atom is 0.0490 e. The highest BCUT2D eigenvalue weighted by Crippen LogP contribution is 2.14. The number of nitrogens with one attached hydrogen (secondary N) is 2. The molecule has 4 heteroatoms. The molecule has 16 heavy (non-hydrogen) atoms. The van der Waals surface area contributed by atoms with Crippen molar-refractivity contribution in [3.8, 4) is 0 Å². The van der Waals surface area contributed by atoms with Gasteiger partial charge in [0.05, 0.1) is 0 Å². The van der Waals surface area contributed by atoms with Crippen molar-refractivity contribution in [1.29, 1.82) is 0 Å². The Morgan fingerprint density at radius 3 is 2.62 bits per heavy atom. The molecule has 0 unspecified atom stereocenters. The van der Waals surface area contributed by atoms with Gasteiger partial charge in [0.2, 0.25) is 0 Å². The predicted molar refractivity (Wildman–Crippen MR) is 67.4 cm³/mol. The molecule has 84 valence electrons. The lowest BCUT2D eigenvalue weighted by Crippen LogP contribution is -2.12. The number of hydrogen-bond donors (Lipinski definition) is 2. The molecular weight excluding hydrogens is 218 g/mol. The number of thioether (sulfide) groups is 1. The third-order valence-electron chi connectivity index (χ3n) is 2.36. The average molecular weight is 233 g/mol. The van der Waals surface area contributed by atoms with Gasteiger partial charge in [-0.3, -0.25) is 5.10 Å². The summed E-state index contributed by atoms with van der Waals surface area (Å²) in [5.41, 5.74) is 2.41. The summed E-state index contributed by atoms with van der Waals surface area (Å²) >= 11 is 1.77. The molecule has 0 amide bonds. The highest BCUT2D eigenvalue weighted by atomic mass is 32.2. The van der Waals surface area contributed by atoms with Crippen LogP contribution in [0.15, 0.2) is 41.4 Å². The lowest BCUT2D eigenvalue weighted by Gasteiger charge is -2.04. The summed E-state index contributed by atoms with van der Waals surface area (Å²) < 4.78 is 0. The van der Waals surface area contributed by atoms with Gasteiger partial charge in [-0.05, 0) is 30.0 Å². The monoisotopic (exact) mass is 233 g/mol. The van der Waals surface area contributed by atoms with Gasteiger partial charge in [-0.1, -0.05) is 12.1 Å². The van der Waals surface area contributed by atoms with E-state index in [1.165, 1.54) is 10.5 Å². The summed E-state index contributed by atoms with van der Waals surface area (Å²) in [5, 5.41) is 10.2. The van der Waals surface area contributed by atoms with Crippen molar-refractivity contribution >= 4 is 11.8 Å². The standard InChI is InChI=1S/C12H15N3S/c1-16-12-4-2-10(3-5-12)8-13-9-11-6-7-14-15-11/h2-7,13H,8-9H2,1H3,(H,14,15). The SMILES string of the molecule is CSc1ccc(CNCc2ccn[nH]2)cc1. The Kier molecular flexibility index (Phi) is 4.02. The highest BCUT2D eigenvalue weighted by Gasteiger charge is 1.95. The van der Waals surface area contributed by atoms with E-state index in [0.717, 1.165) is 18.8 Å². The van der Waals surface area contributed by atoms with Gasteiger partial charge in [-0.2, -0.15) is 5.10 Å². The van der Waals surface area contributed by atoms with Crippen LogP contribution in [-0.4, -0.2) is 16.5 Å². The van der Waals surface area contributed by atoms with Crippen molar-refractivity contribution in [3.05, 3.63) is 47.8 Å². The molecule has 0 fully saturated rings. The molecule has 1 heterocycles. The average Bonchev–Trinajstić information content (AvgIpc) is 2.83. The van der Waals surface area contributed by atoms with Crippen LogP contribution in [0.1, 0.15) is 11.3 Å². The van der Waals surface area contributed by atoms with Crippen molar-refractivity contribution in [1.82, 2.24) is 15.5 Å². The van der Waals surface area contributed by atoms with Crippen LogP contribution in [-0.2, 0) is 13.1 Å². The second-order valence-electron chi connectivity index (χ2n) is 3.53. The molecule has 0 aliphatic carbocycles. The van der Waals surface area contributed by atoms with Crippen LogP contribution in [0, 0.1) is 0 Å². The Morgan fingerprint density at radius 2 is 2.00 bits per heavy atom. The minimum atomic E-state index is 0.824. The van der Waals surface area contributed by atoms with Gasteiger partial charge in [-0.15, -0.1) is 11.8 Å². The van der Waals surface area contributed by atoms with Crippen LogP contribution < -0.4 is 5.32 Å². The number of benzene rings is 1. The second-order valence-corrected chi connectivity index (χ2v) is 4.41. The van der Waals surface area contributed by atoms with Gasteiger partial charge in [-0.25, -0.2) is 0 Å². The summed E-state index contributed by atoms with van der Waals surface area (Å²) in [6.07, 6.45) is 3.86. The van der Waals surface area contributed by atoms with Crippen molar-refractivity contribution in [2.45, 2.75) is 18.0 Å². The van der Waals surface area contributed by atoms with Crippen LogP contribution in [0.3, 0.4) is 0 Å². The zero-order valence-electron chi connectivity index (χ0n) is 9.23. The fourth-order valence-electron chi connectivity index (χ4n) is 1.47. The van der Waals surface area contributed by atoms with Gasteiger partial charge in [0.1, 0.15) is 0 Å². The summed E-state index contributed by atoms with van der Waals surface area (Å²) in [6.45, 7) is 1.71. The first-order chi connectivity index (χ1) is 7.88. The maximum absolute atomic E-state index is 3.90. The number of aromatic amines is 1. The van der Waals surface area contributed by atoms with Crippen LogP contribution in [0.25, 0.3) is 0 Å². The molecule has 2 rings (SSSR count). The van der Waals surface area contributed by atoms with Crippen LogP contribution >= 0.6 is 11.8 Å². The summed E-state index contributed by atoms with van der Waals surface area (Å²) in [6, 6.07) is 10.6. The predicted octanol–water partition coefficient (Wildman–Crippen LogP) is 2.42. The van der Waals surface area contributed by atoms with Gasteiger partial charge < -0.3 is 5.32 Å². The molecule has 0 atom stereocenters. The molecule has 0 spiro atoms. The molecule has 2 N–H and O–H groups in total. The van der Waals surface area contributed by atoms with E-state index in [4.69, 9.17) is 0 Å². The van der Waals surface area contributed by atoms with Gasteiger partial charge in [0.15, 0.2) is 0 Å². The van der Waals surface area contributed by atoms with Crippen molar-refractivity contribution < 1.29 is 0 Å². The zero-order chi connectivity index (χ0) is 11.2. The number of H-pyrrole nitrogens is 1. The Bertz CT molecular complexity index is 408. The Morgan fingerprint density at radius 1 is 1.19 bits per heavy atom. The molecule has 2 aromatic rings. The largest absolute Gasteiger partial charge is 0.307 e. The van der Waals surface area contributed by atoms with Gasteiger partial charge >= 0.3 is 0 Å². The third-order valence-corrected chi connectivity index (χ3v) is 3.11. The Hall–Kier alpha value is -1.26. The number of aromatic nitrogens is 2. The van der Waals surface area contributed by atoms with E-state index in [2.05, 4.69) is 46.0 Å². The zero-order valence-corrected chi connectivity index (χ0v) is 10.1. The van der Waals surface area contributed by atoms with Crippen LogP contribution in [0.4, 0.5) is 0 Å². The normalized spacial score (nSPS) is 10.6. The topological polar surface area (TPSA) is 40.7 Å². The maximum atomic E-state index is 3.90. The molecule has 0 saturated carbocycles. The lowest BCUT2D eigenvalue weighted by molar-refractivity contribution is 0.677. The summed E-state index contributed by atoms with van der Waals surface area (Å²) in [5.74, 6) is 0. The summed E-state index contributed by atoms with van der Waals surface area (Å²) in [4.78, 5) is 1.30. The number of rotatable bonds is 5. The quantitative estimate of drug-likeness (QED) is 0.779. The molecule has 0 radical (unpaired) electrons. The van der Waals surface area contributed by atoms with E-state index < -0.39 is 0 Å². The van der Waals surface area contributed by atoms with Gasteiger partial charge in [0, 0.05) is 29.9 Å². The lowest BCUT2D eigenvalue weighted by atomic mass is 10.2. The van der Waals surface area contributed by atoms with Crippen molar-refractivity contribution in [2.24, 2.45) is 0 Å². The molecule has 1 aromatic heterocycles. The first-order valence-corrected chi connectivity index (χ1v) is 6.43. The Balaban J connectivity index is 1.81. The van der Waals surface area contributed by atoms with Crippen molar-refractivity contribution in [3.63, 3.8) is 0 Å². The minimum absolute atomic E-state index is 0.824. The first kappa shape index (κ1) is 11.2. The van der Waals surface area contributed by atoms with E-state index in [1.807, 2.05) is 6.07 Å². The fraction of sp³-hybridized carbons (Fsp3) is 0.250. The molecular formula is C12H15N3S. The fourth-order valence-corrected chi connectivity index (χ4v) is 1.88. The minimum Gasteiger partial charge on any atom is -0.307 e. The third kappa shape index (κ3) is 3.12. The number of nitrogens with zero attached hydrogens (tertiary/aromatic N) is 1. The van der Waals surface area contributed by atoms with E-state index in [0.29, 0.717) is 0 Å². The molecule has 1 aromatic carbocycles. The Labute approximate surface area is 99.7 Å². The molecule has 3 nitrogen and oxygen atoms in total. The molecule has 0 saturated heterocycles. The van der Waals surface area contributed by atoms with Crippen LogP contribution in [0.5, 0.6) is 0 Å². The second kappa shape index (κ2) is 5.72. The van der Waals surface area contributed by atoms with E-state index >= 15 is 0 Å². The smallest absolute Gasteiger partial charge is 0.0490 e. The number of hydrogen-bond acceptors (Lipinski definition) is 3.